The maximum absolute atomic E-state index is 14.1. The molecule has 1 atom stereocenters. The van der Waals surface area contributed by atoms with Gasteiger partial charge in [-0.3, -0.25) is 9.36 Å². The SMILES string of the molecule is CCOc1ccc([C@H]2C(C(=O)OC)=CN=c3s/c(=C/c4cc(Br)c(OCc5cccc(Cl)c5)c(OCC)c4)c(=O)n32)cc1OCC. The van der Waals surface area contributed by atoms with Gasteiger partial charge in [-0.15, -0.1) is 0 Å². The molecule has 0 aliphatic carbocycles. The highest BCUT2D eigenvalue weighted by atomic mass is 79.9. The van der Waals surface area contributed by atoms with Crippen LogP contribution >= 0.6 is 38.9 Å². The van der Waals surface area contributed by atoms with Gasteiger partial charge in [0.05, 0.1) is 47.6 Å². The predicted molar refractivity (Wildman–Crippen MR) is 181 cm³/mol. The number of halogens is 2. The van der Waals surface area contributed by atoms with Gasteiger partial charge in [0.1, 0.15) is 6.61 Å². The topological polar surface area (TPSA) is 97.6 Å². The van der Waals surface area contributed by atoms with Gasteiger partial charge in [0.15, 0.2) is 27.8 Å². The number of carbonyl (C=O) groups excluding carboxylic acids is 1. The number of ether oxygens (including phenoxy) is 5. The second-order valence-corrected chi connectivity index (χ2v) is 12.2. The van der Waals surface area contributed by atoms with Crippen LogP contribution in [0, 0.1) is 0 Å². The number of thiazole rings is 1. The van der Waals surface area contributed by atoms with E-state index in [4.69, 9.17) is 35.3 Å². The number of hydrogen-bond donors (Lipinski definition) is 0. The summed E-state index contributed by atoms with van der Waals surface area (Å²) in [5.41, 5.74) is 2.17. The molecule has 2 heterocycles. The third-order valence-corrected chi connectivity index (χ3v) is 8.73. The second-order valence-electron chi connectivity index (χ2n) is 9.93. The minimum atomic E-state index is -0.797. The molecule has 9 nitrogen and oxygen atoms in total. The van der Waals surface area contributed by atoms with E-state index in [1.165, 1.54) is 29.2 Å². The zero-order chi connectivity index (χ0) is 32.8. The molecule has 0 unspecified atom stereocenters. The van der Waals surface area contributed by atoms with Gasteiger partial charge in [-0.2, -0.15) is 0 Å². The zero-order valence-corrected chi connectivity index (χ0v) is 28.8. The monoisotopic (exact) mass is 726 g/mol. The fourth-order valence-corrected chi connectivity index (χ4v) is 6.75. The first kappa shape index (κ1) is 33.3. The normalized spacial score (nSPS) is 14.2. The quantitative estimate of drug-likeness (QED) is 0.160. The van der Waals surface area contributed by atoms with Crippen LogP contribution in [0.5, 0.6) is 23.0 Å². The molecule has 0 bridgehead atoms. The van der Waals surface area contributed by atoms with Crippen molar-refractivity contribution in [2.75, 3.05) is 26.9 Å². The molecule has 0 radical (unpaired) electrons. The highest BCUT2D eigenvalue weighted by Crippen LogP contribution is 2.38. The smallest absolute Gasteiger partial charge is 0.337 e. The van der Waals surface area contributed by atoms with Crippen LogP contribution in [-0.2, 0) is 16.1 Å². The fourth-order valence-electron chi connectivity index (χ4n) is 5.00. The molecule has 1 aliphatic rings. The van der Waals surface area contributed by atoms with E-state index < -0.39 is 12.0 Å². The van der Waals surface area contributed by atoms with Crippen molar-refractivity contribution in [2.45, 2.75) is 33.4 Å². The van der Waals surface area contributed by atoms with E-state index >= 15 is 0 Å². The molecule has 5 rings (SSSR count). The highest BCUT2D eigenvalue weighted by Gasteiger charge is 2.31. The molecule has 0 amide bonds. The Hall–Kier alpha value is -4.06. The van der Waals surface area contributed by atoms with Gasteiger partial charge < -0.3 is 23.7 Å². The van der Waals surface area contributed by atoms with Crippen molar-refractivity contribution in [2.24, 2.45) is 4.99 Å². The molecule has 0 fully saturated rings. The number of benzene rings is 3. The van der Waals surface area contributed by atoms with Crippen molar-refractivity contribution in [3.63, 3.8) is 0 Å². The molecule has 46 heavy (non-hydrogen) atoms. The average molecular weight is 728 g/mol. The number of nitrogens with zero attached hydrogens (tertiary/aromatic N) is 2. The first-order valence-corrected chi connectivity index (χ1v) is 16.6. The molecule has 1 aliphatic heterocycles. The molecule has 240 valence electrons. The molecule has 3 aromatic carbocycles. The van der Waals surface area contributed by atoms with Crippen LogP contribution in [0.3, 0.4) is 0 Å². The van der Waals surface area contributed by atoms with Crippen LogP contribution in [0.1, 0.15) is 43.5 Å². The molecule has 0 saturated heterocycles. The number of hydrogen-bond acceptors (Lipinski definition) is 9. The minimum Gasteiger partial charge on any atom is -0.490 e. The molecule has 0 saturated carbocycles. The van der Waals surface area contributed by atoms with E-state index in [1.54, 1.807) is 24.3 Å². The van der Waals surface area contributed by atoms with Crippen molar-refractivity contribution in [3.05, 3.63) is 112 Å². The van der Waals surface area contributed by atoms with Crippen LogP contribution in [0.25, 0.3) is 6.08 Å². The van der Waals surface area contributed by atoms with Crippen molar-refractivity contribution < 1.29 is 28.5 Å². The van der Waals surface area contributed by atoms with E-state index in [9.17, 15) is 9.59 Å². The number of rotatable bonds is 12. The molecule has 1 aromatic heterocycles. The summed E-state index contributed by atoms with van der Waals surface area (Å²) in [4.78, 5) is 31.9. The number of methoxy groups -OCH3 is 1. The number of esters is 1. The lowest BCUT2D eigenvalue weighted by molar-refractivity contribution is -0.136. The van der Waals surface area contributed by atoms with E-state index in [0.717, 1.165) is 5.56 Å². The molecular weight excluding hydrogens is 696 g/mol. The van der Waals surface area contributed by atoms with E-state index in [0.29, 0.717) is 72.8 Å². The third kappa shape index (κ3) is 7.16. The fraction of sp³-hybridized carbons (Fsp3) is 0.265. The second kappa shape index (κ2) is 15.0. The van der Waals surface area contributed by atoms with Crippen LogP contribution in [0.15, 0.2) is 80.6 Å². The lowest BCUT2D eigenvalue weighted by Crippen LogP contribution is -2.39. The maximum Gasteiger partial charge on any atom is 0.337 e. The van der Waals surface area contributed by atoms with Gasteiger partial charge in [0.25, 0.3) is 5.56 Å². The van der Waals surface area contributed by atoms with Crippen molar-refractivity contribution in [1.29, 1.82) is 0 Å². The Bertz CT molecular complexity index is 1970. The summed E-state index contributed by atoms with van der Waals surface area (Å²) in [6.45, 7) is 7.21. The summed E-state index contributed by atoms with van der Waals surface area (Å²) in [7, 11) is 1.30. The summed E-state index contributed by atoms with van der Waals surface area (Å²) in [6.07, 6.45) is 3.22. The Morgan fingerprint density at radius 2 is 1.72 bits per heavy atom. The minimum absolute atomic E-state index is 0.218. The average Bonchev–Trinajstić information content (AvgIpc) is 3.35. The van der Waals surface area contributed by atoms with E-state index in [2.05, 4.69) is 20.9 Å². The van der Waals surface area contributed by atoms with Crippen LogP contribution in [-0.4, -0.2) is 37.5 Å². The summed E-state index contributed by atoms with van der Waals surface area (Å²) in [6, 6.07) is 15.7. The number of aromatic nitrogens is 1. The Morgan fingerprint density at radius 3 is 2.43 bits per heavy atom. The Kier molecular flexibility index (Phi) is 10.9. The van der Waals surface area contributed by atoms with E-state index in [1.807, 2.05) is 57.2 Å². The van der Waals surface area contributed by atoms with Gasteiger partial charge in [0, 0.05) is 11.2 Å². The van der Waals surface area contributed by atoms with Gasteiger partial charge in [-0.1, -0.05) is 41.1 Å². The Balaban J connectivity index is 1.57. The maximum atomic E-state index is 14.1. The predicted octanol–water partition coefficient (Wildman–Crippen LogP) is 6.21. The summed E-state index contributed by atoms with van der Waals surface area (Å²) >= 11 is 11.0. The summed E-state index contributed by atoms with van der Waals surface area (Å²) < 4.78 is 31.3. The standard InChI is InChI=1S/C34H32BrClN2O7S/c1-5-42-26-12-11-22(17-27(26)43-6-2)30-24(33(40)41-4)18-37-34-38(30)32(39)29(46-34)16-21-14-25(35)31(28(15-21)44-7-3)45-19-20-9-8-10-23(36)13-20/h8-18,30H,5-7,19H2,1-4H3/b29-16+/t30-/m0/s1. The third-order valence-electron chi connectivity index (χ3n) is 6.91. The molecule has 0 N–H and O–H groups in total. The molecular formula is C34H32BrClN2O7S. The van der Waals surface area contributed by atoms with Gasteiger partial charge in [-0.05, 0) is 95.9 Å². The van der Waals surface area contributed by atoms with E-state index in [-0.39, 0.29) is 17.7 Å². The van der Waals surface area contributed by atoms with Gasteiger partial charge in [0.2, 0.25) is 0 Å². The van der Waals surface area contributed by atoms with Crippen LogP contribution in [0.4, 0.5) is 0 Å². The first-order valence-electron chi connectivity index (χ1n) is 14.6. The summed E-state index contributed by atoms with van der Waals surface area (Å²) in [5, 5.41) is 0.625. The lowest BCUT2D eigenvalue weighted by Gasteiger charge is -2.23. The van der Waals surface area contributed by atoms with Crippen molar-refractivity contribution in [3.8, 4) is 23.0 Å². The first-order chi connectivity index (χ1) is 22.3. The largest absolute Gasteiger partial charge is 0.490 e. The lowest BCUT2D eigenvalue weighted by atomic mass is 9.97. The molecule has 0 spiro atoms. The van der Waals surface area contributed by atoms with Crippen molar-refractivity contribution >= 4 is 50.9 Å². The molecule has 12 heteroatoms. The van der Waals surface area contributed by atoms with Crippen molar-refractivity contribution in [1.82, 2.24) is 4.57 Å². The molecule has 4 aromatic rings. The number of fused-ring (bicyclic) bond motifs is 1. The number of carbonyl (C=O) groups is 1. The van der Waals surface area contributed by atoms with Gasteiger partial charge >= 0.3 is 5.97 Å². The van der Waals surface area contributed by atoms with Crippen LogP contribution in [0.2, 0.25) is 5.02 Å². The van der Waals surface area contributed by atoms with Crippen LogP contribution < -0.4 is 33.8 Å². The summed E-state index contributed by atoms with van der Waals surface area (Å²) in [5.74, 6) is 1.54. The Morgan fingerprint density at radius 1 is 0.978 bits per heavy atom. The zero-order valence-electron chi connectivity index (χ0n) is 25.7. The highest BCUT2D eigenvalue weighted by molar-refractivity contribution is 9.10. The Labute approximate surface area is 283 Å². The van der Waals surface area contributed by atoms with Gasteiger partial charge in [-0.25, -0.2) is 9.79 Å².